The molecule has 25 heavy (non-hydrogen) atoms. The van der Waals surface area contributed by atoms with E-state index in [0.29, 0.717) is 12.4 Å². The van der Waals surface area contributed by atoms with Gasteiger partial charge >= 0.3 is 0 Å². The lowest BCUT2D eigenvalue weighted by atomic mass is 10.2. The van der Waals surface area contributed by atoms with Crippen molar-refractivity contribution in [3.8, 4) is 5.75 Å². The van der Waals surface area contributed by atoms with E-state index in [9.17, 15) is 13.2 Å². The molecule has 1 amide bonds. The van der Waals surface area contributed by atoms with Crippen LogP contribution in [0.3, 0.4) is 0 Å². The van der Waals surface area contributed by atoms with Gasteiger partial charge in [-0.15, -0.1) is 12.4 Å². The van der Waals surface area contributed by atoms with Gasteiger partial charge in [0.1, 0.15) is 5.75 Å². The van der Waals surface area contributed by atoms with Crippen molar-refractivity contribution in [2.75, 3.05) is 33.3 Å². The first-order valence-electron chi connectivity index (χ1n) is 8.13. The predicted molar refractivity (Wildman–Crippen MR) is 98.7 cm³/mol. The third-order valence-electron chi connectivity index (χ3n) is 4.05. The van der Waals surface area contributed by atoms with Gasteiger partial charge in [-0.2, -0.15) is 0 Å². The normalized spacial score (nSPS) is 17.0. The largest absolute Gasteiger partial charge is 0.494 e. The van der Waals surface area contributed by atoms with E-state index < -0.39 is 10.0 Å². The van der Waals surface area contributed by atoms with Gasteiger partial charge in [0.15, 0.2) is 0 Å². The first-order chi connectivity index (χ1) is 11.4. The van der Waals surface area contributed by atoms with E-state index in [0.717, 1.165) is 19.5 Å². The van der Waals surface area contributed by atoms with Crippen LogP contribution in [0.15, 0.2) is 29.2 Å². The number of benzene rings is 1. The highest BCUT2D eigenvalue weighted by molar-refractivity contribution is 7.89. The number of carbonyl (C=O) groups is 1. The molecule has 1 aromatic carbocycles. The van der Waals surface area contributed by atoms with Crippen molar-refractivity contribution < 1.29 is 17.9 Å². The summed E-state index contributed by atoms with van der Waals surface area (Å²) in [6.45, 7) is 4.17. The monoisotopic (exact) mass is 391 g/mol. The van der Waals surface area contributed by atoms with Crippen molar-refractivity contribution >= 4 is 28.3 Å². The number of amides is 1. The average molecular weight is 392 g/mol. The molecular formula is C16H26ClN3O4S. The molecule has 1 fully saturated rings. The summed E-state index contributed by atoms with van der Waals surface area (Å²) in [5, 5.41) is 3.21. The van der Waals surface area contributed by atoms with Gasteiger partial charge in [0.05, 0.1) is 11.5 Å². The quantitative estimate of drug-likeness (QED) is 0.690. The number of halogens is 1. The van der Waals surface area contributed by atoms with E-state index in [-0.39, 0.29) is 42.2 Å². The summed E-state index contributed by atoms with van der Waals surface area (Å²) >= 11 is 0. The lowest BCUT2D eigenvalue weighted by Gasteiger charge is -2.23. The van der Waals surface area contributed by atoms with Crippen LogP contribution in [-0.4, -0.2) is 58.6 Å². The lowest BCUT2D eigenvalue weighted by molar-refractivity contribution is -0.131. The minimum Gasteiger partial charge on any atom is -0.494 e. The van der Waals surface area contributed by atoms with Crippen molar-refractivity contribution in [2.24, 2.45) is 0 Å². The molecule has 0 saturated carbocycles. The number of hydrogen-bond acceptors (Lipinski definition) is 5. The van der Waals surface area contributed by atoms with Crippen LogP contribution >= 0.6 is 12.4 Å². The number of likely N-dealkylation sites (N-methyl/N-ethyl adjacent to an activating group) is 1. The van der Waals surface area contributed by atoms with E-state index in [4.69, 9.17) is 4.74 Å². The third kappa shape index (κ3) is 6.14. The minimum absolute atomic E-state index is 0. The Morgan fingerprint density at radius 2 is 2.04 bits per heavy atom. The maximum atomic E-state index is 12.2. The maximum Gasteiger partial charge on any atom is 0.240 e. The number of hydrogen-bond donors (Lipinski definition) is 2. The van der Waals surface area contributed by atoms with Crippen molar-refractivity contribution in [3.63, 3.8) is 0 Å². The van der Waals surface area contributed by atoms with E-state index in [2.05, 4.69) is 10.0 Å². The van der Waals surface area contributed by atoms with Gasteiger partial charge in [-0.3, -0.25) is 4.79 Å². The van der Waals surface area contributed by atoms with Crippen molar-refractivity contribution in [1.82, 2.24) is 14.9 Å². The Bertz CT molecular complexity index is 646. The number of nitrogens with zero attached hydrogens (tertiary/aromatic N) is 1. The molecule has 142 valence electrons. The Morgan fingerprint density at radius 3 is 2.60 bits per heavy atom. The van der Waals surface area contributed by atoms with E-state index in [1.807, 2.05) is 6.92 Å². The molecule has 0 spiro atoms. The van der Waals surface area contributed by atoms with Gasteiger partial charge in [-0.05, 0) is 44.2 Å². The van der Waals surface area contributed by atoms with E-state index >= 15 is 0 Å². The molecule has 1 unspecified atom stereocenters. The Labute approximate surface area is 155 Å². The van der Waals surface area contributed by atoms with Gasteiger partial charge in [0, 0.05) is 32.6 Å². The zero-order chi connectivity index (χ0) is 17.6. The van der Waals surface area contributed by atoms with Gasteiger partial charge < -0.3 is 15.0 Å². The van der Waals surface area contributed by atoms with Crippen molar-refractivity contribution in [1.29, 1.82) is 0 Å². The van der Waals surface area contributed by atoms with Crippen LogP contribution < -0.4 is 14.8 Å². The first kappa shape index (κ1) is 21.7. The van der Waals surface area contributed by atoms with Crippen LogP contribution in [0.1, 0.15) is 19.8 Å². The highest BCUT2D eigenvalue weighted by atomic mass is 35.5. The van der Waals surface area contributed by atoms with Crippen LogP contribution in [0.4, 0.5) is 0 Å². The van der Waals surface area contributed by atoms with E-state index in [1.54, 1.807) is 24.1 Å². The molecule has 0 bridgehead atoms. The zero-order valence-electron chi connectivity index (χ0n) is 14.5. The van der Waals surface area contributed by atoms with Crippen LogP contribution in [0, 0.1) is 0 Å². The summed E-state index contributed by atoms with van der Waals surface area (Å²) in [4.78, 5) is 14.0. The second-order valence-electron chi connectivity index (χ2n) is 5.70. The molecule has 0 aliphatic carbocycles. The highest BCUT2D eigenvalue weighted by Crippen LogP contribution is 2.16. The molecular weight excluding hydrogens is 366 g/mol. The number of ether oxygens (including phenoxy) is 1. The molecule has 2 N–H and O–H groups in total. The Balaban J connectivity index is 0.00000312. The van der Waals surface area contributed by atoms with Gasteiger partial charge in [0.2, 0.25) is 15.9 Å². The number of carbonyl (C=O) groups excluding carboxylic acids is 1. The number of rotatable bonds is 8. The number of nitrogens with one attached hydrogen (secondary N) is 2. The van der Waals surface area contributed by atoms with Crippen LogP contribution in [-0.2, 0) is 14.8 Å². The molecule has 1 aromatic rings. The summed E-state index contributed by atoms with van der Waals surface area (Å²) in [7, 11) is -1.86. The topological polar surface area (TPSA) is 87.7 Å². The van der Waals surface area contributed by atoms with Crippen molar-refractivity contribution in [3.05, 3.63) is 24.3 Å². The molecule has 2 rings (SSSR count). The van der Waals surface area contributed by atoms with Crippen LogP contribution in [0.2, 0.25) is 0 Å². The van der Waals surface area contributed by atoms with Gasteiger partial charge in [-0.25, -0.2) is 13.1 Å². The molecule has 0 aromatic heterocycles. The molecule has 0 radical (unpaired) electrons. The fourth-order valence-electron chi connectivity index (χ4n) is 2.61. The van der Waals surface area contributed by atoms with Gasteiger partial charge in [-0.1, -0.05) is 0 Å². The standard InChI is InChI=1S/C16H25N3O4S.ClH/c1-3-23-14-4-6-15(7-5-14)24(21,22)18-11-9-16(20)19(2)13-8-10-17-12-13;/h4-7,13,17-18H,3,8-12H2,1-2H3;1H. The molecule has 1 aliphatic rings. The molecule has 1 heterocycles. The average Bonchev–Trinajstić information content (AvgIpc) is 3.09. The molecule has 9 heteroatoms. The Morgan fingerprint density at radius 1 is 1.36 bits per heavy atom. The fraction of sp³-hybridized carbons (Fsp3) is 0.562. The Hall–Kier alpha value is -1.35. The number of sulfonamides is 1. The zero-order valence-corrected chi connectivity index (χ0v) is 16.2. The first-order valence-corrected chi connectivity index (χ1v) is 9.61. The fourth-order valence-corrected chi connectivity index (χ4v) is 3.64. The predicted octanol–water partition coefficient (Wildman–Crippen LogP) is 0.996. The van der Waals surface area contributed by atoms with Gasteiger partial charge in [0.25, 0.3) is 0 Å². The lowest BCUT2D eigenvalue weighted by Crippen LogP contribution is -2.40. The highest BCUT2D eigenvalue weighted by Gasteiger charge is 2.23. The molecule has 7 nitrogen and oxygen atoms in total. The summed E-state index contributed by atoms with van der Waals surface area (Å²) in [6, 6.07) is 6.41. The maximum absolute atomic E-state index is 12.2. The van der Waals surface area contributed by atoms with E-state index in [1.165, 1.54) is 12.1 Å². The third-order valence-corrected chi connectivity index (χ3v) is 5.53. The smallest absolute Gasteiger partial charge is 0.240 e. The molecule has 1 saturated heterocycles. The van der Waals surface area contributed by atoms with Crippen molar-refractivity contribution in [2.45, 2.75) is 30.7 Å². The summed E-state index contributed by atoms with van der Waals surface area (Å²) in [5.41, 5.74) is 0. The second kappa shape index (κ2) is 9.96. The SMILES string of the molecule is CCOc1ccc(S(=O)(=O)NCCC(=O)N(C)C2CCNC2)cc1.Cl. The Kier molecular flexibility index (Phi) is 8.64. The minimum atomic E-state index is -3.62. The molecule has 1 aliphatic heterocycles. The van der Waals surface area contributed by atoms with Crippen LogP contribution in [0.5, 0.6) is 5.75 Å². The van der Waals surface area contributed by atoms with Crippen LogP contribution in [0.25, 0.3) is 0 Å². The molecule has 1 atom stereocenters. The summed E-state index contributed by atoms with van der Waals surface area (Å²) in [5.74, 6) is 0.566. The second-order valence-corrected chi connectivity index (χ2v) is 7.47. The summed E-state index contributed by atoms with van der Waals surface area (Å²) in [6.07, 6.45) is 1.07. The summed E-state index contributed by atoms with van der Waals surface area (Å²) < 4.78 is 32.2.